The van der Waals surface area contributed by atoms with Crippen LogP contribution in [0.3, 0.4) is 0 Å². The molecule has 0 radical (unpaired) electrons. The van der Waals surface area contributed by atoms with Crippen molar-refractivity contribution in [1.82, 2.24) is 0 Å². The second kappa shape index (κ2) is 5.63. The number of hydrogen-bond donors (Lipinski definition) is 1. The molecule has 106 valence electrons. The van der Waals surface area contributed by atoms with Crippen molar-refractivity contribution < 1.29 is 4.39 Å². The molecule has 2 nitrogen and oxygen atoms in total. The summed E-state index contributed by atoms with van der Waals surface area (Å²) in [7, 11) is 1.87. The largest absolute Gasteiger partial charge is 0.342 e. The molecule has 0 aromatic heterocycles. The number of benzene rings is 2. The Morgan fingerprint density at radius 1 is 1.05 bits per heavy atom. The lowest BCUT2D eigenvalue weighted by Crippen LogP contribution is -2.13. The highest BCUT2D eigenvalue weighted by Gasteiger charge is 2.12. The molecule has 0 aliphatic carbocycles. The lowest BCUT2D eigenvalue weighted by atomic mass is 10.1. The zero-order chi connectivity index (χ0) is 14.9. The third kappa shape index (κ3) is 2.99. The number of hydrogen-bond acceptors (Lipinski definition) is 2. The van der Waals surface area contributed by atoms with Crippen LogP contribution in [0.4, 0.5) is 15.8 Å². The average molecular weight is 272 g/mol. The van der Waals surface area contributed by atoms with Gasteiger partial charge in [-0.1, -0.05) is 12.1 Å². The molecular formula is C17H21FN2. The minimum absolute atomic E-state index is 0.162. The summed E-state index contributed by atoms with van der Waals surface area (Å²) in [5, 5.41) is 0. The van der Waals surface area contributed by atoms with Gasteiger partial charge in [-0.2, -0.15) is 0 Å². The van der Waals surface area contributed by atoms with Crippen LogP contribution in [0.15, 0.2) is 36.4 Å². The minimum atomic E-state index is -0.249. The fourth-order valence-electron chi connectivity index (χ4n) is 2.36. The summed E-state index contributed by atoms with van der Waals surface area (Å²) in [6, 6.07) is 11.2. The molecule has 0 heterocycles. The number of halogens is 1. The van der Waals surface area contributed by atoms with E-state index in [-0.39, 0.29) is 11.9 Å². The highest BCUT2D eigenvalue weighted by atomic mass is 19.1. The maximum atomic E-state index is 14.3. The first-order valence-electron chi connectivity index (χ1n) is 6.75. The van der Waals surface area contributed by atoms with Crippen LogP contribution in [0.25, 0.3) is 0 Å². The Bertz CT molecular complexity index is 600. The smallest absolute Gasteiger partial charge is 0.147 e. The second-order valence-electron chi connectivity index (χ2n) is 5.40. The summed E-state index contributed by atoms with van der Waals surface area (Å²) < 4.78 is 14.3. The van der Waals surface area contributed by atoms with Gasteiger partial charge in [0.15, 0.2) is 0 Å². The van der Waals surface area contributed by atoms with E-state index >= 15 is 0 Å². The molecular weight excluding hydrogens is 251 g/mol. The van der Waals surface area contributed by atoms with E-state index in [2.05, 4.69) is 6.07 Å². The summed E-state index contributed by atoms with van der Waals surface area (Å²) in [6.45, 7) is 5.93. The Kier molecular flexibility index (Phi) is 4.09. The van der Waals surface area contributed by atoms with E-state index in [4.69, 9.17) is 5.73 Å². The van der Waals surface area contributed by atoms with Gasteiger partial charge in [-0.25, -0.2) is 4.39 Å². The van der Waals surface area contributed by atoms with Crippen LogP contribution >= 0.6 is 0 Å². The van der Waals surface area contributed by atoms with Gasteiger partial charge in [0, 0.05) is 18.8 Å². The summed E-state index contributed by atoms with van der Waals surface area (Å²) in [4.78, 5) is 1.86. The number of rotatable bonds is 3. The van der Waals surface area contributed by atoms with Crippen LogP contribution in [-0.4, -0.2) is 7.05 Å². The molecule has 0 fully saturated rings. The van der Waals surface area contributed by atoms with Crippen molar-refractivity contribution >= 4 is 11.4 Å². The van der Waals surface area contributed by atoms with Gasteiger partial charge < -0.3 is 10.6 Å². The second-order valence-corrected chi connectivity index (χ2v) is 5.40. The Labute approximate surface area is 120 Å². The van der Waals surface area contributed by atoms with Crippen molar-refractivity contribution in [1.29, 1.82) is 0 Å². The molecule has 0 saturated heterocycles. The first kappa shape index (κ1) is 14.5. The van der Waals surface area contributed by atoms with E-state index in [1.54, 1.807) is 6.07 Å². The van der Waals surface area contributed by atoms with Gasteiger partial charge in [0.25, 0.3) is 0 Å². The monoisotopic (exact) mass is 272 g/mol. The third-order valence-electron chi connectivity index (χ3n) is 3.45. The summed E-state index contributed by atoms with van der Waals surface area (Å²) in [5.74, 6) is -0.249. The highest BCUT2D eigenvalue weighted by Crippen LogP contribution is 2.29. The van der Waals surface area contributed by atoms with E-state index in [9.17, 15) is 4.39 Å². The summed E-state index contributed by atoms with van der Waals surface area (Å²) >= 11 is 0. The molecule has 1 atom stereocenters. The first-order valence-corrected chi connectivity index (χ1v) is 6.75. The highest BCUT2D eigenvalue weighted by molar-refractivity contribution is 5.64. The Hall–Kier alpha value is -1.87. The van der Waals surface area contributed by atoms with Crippen molar-refractivity contribution in [3.05, 3.63) is 58.9 Å². The topological polar surface area (TPSA) is 29.3 Å². The zero-order valence-electron chi connectivity index (χ0n) is 12.4. The van der Waals surface area contributed by atoms with Crippen LogP contribution < -0.4 is 10.6 Å². The molecule has 2 aromatic carbocycles. The molecule has 0 aliphatic rings. The molecule has 3 heteroatoms. The van der Waals surface area contributed by atoms with E-state index < -0.39 is 0 Å². The van der Waals surface area contributed by atoms with Crippen LogP contribution in [-0.2, 0) is 0 Å². The molecule has 1 unspecified atom stereocenters. The van der Waals surface area contributed by atoms with Crippen molar-refractivity contribution in [2.75, 3.05) is 11.9 Å². The summed E-state index contributed by atoms with van der Waals surface area (Å²) in [6.07, 6.45) is 0. The van der Waals surface area contributed by atoms with Crippen molar-refractivity contribution in [2.24, 2.45) is 5.73 Å². The van der Waals surface area contributed by atoms with E-state index in [0.717, 1.165) is 11.3 Å². The van der Waals surface area contributed by atoms with Gasteiger partial charge in [-0.15, -0.1) is 0 Å². The van der Waals surface area contributed by atoms with E-state index in [1.807, 2.05) is 50.9 Å². The van der Waals surface area contributed by atoms with Crippen LogP contribution in [0.2, 0.25) is 0 Å². The van der Waals surface area contributed by atoms with Crippen LogP contribution in [0.5, 0.6) is 0 Å². The maximum absolute atomic E-state index is 14.3. The molecule has 0 spiro atoms. The van der Waals surface area contributed by atoms with Crippen molar-refractivity contribution in [2.45, 2.75) is 26.8 Å². The number of nitrogens with zero attached hydrogens (tertiary/aromatic N) is 1. The van der Waals surface area contributed by atoms with Crippen LogP contribution in [0.1, 0.15) is 29.7 Å². The molecule has 20 heavy (non-hydrogen) atoms. The predicted octanol–water partition coefficient (Wildman–Crippen LogP) is 4.23. The SMILES string of the molecule is Cc1cc(C)cc(N(C)c2ccc(C(C)N)cc2F)c1. The molecule has 0 saturated carbocycles. The normalized spacial score (nSPS) is 12.3. The maximum Gasteiger partial charge on any atom is 0.147 e. The quantitative estimate of drug-likeness (QED) is 0.906. The van der Waals surface area contributed by atoms with E-state index in [0.29, 0.717) is 5.69 Å². The minimum Gasteiger partial charge on any atom is -0.342 e. The lowest BCUT2D eigenvalue weighted by Gasteiger charge is -2.22. The fourth-order valence-corrected chi connectivity index (χ4v) is 2.36. The number of aryl methyl sites for hydroxylation is 2. The van der Waals surface area contributed by atoms with E-state index in [1.165, 1.54) is 17.2 Å². The van der Waals surface area contributed by atoms with Gasteiger partial charge in [0.1, 0.15) is 5.82 Å². The number of anilines is 2. The van der Waals surface area contributed by atoms with Gasteiger partial charge >= 0.3 is 0 Å². The Morgan fingerprint density at radius 3 is 2.15 bits per heavy atom. The first-order chi connectivity index (χ1) is 9.38. The van der Waals surface area contributed by atoms with Crippen molar-refractivity contribution in [3.8, 4) is 0 Å². The third-order valence-corrected chi connectivity index (χ3v) is 3.45. The molecule has 2 N–H and O–H groups in total. The standard InChI is InChI=1S/C17H21FN2/c1-11-7-12(2)9-15(8-11)20(4)17-6-5-14(13(3)19)10-16(17)18/h5-10,13H,19H2,1-4H3. The van der Waals surface area contributed by atoms with Gasteiger partial charge in [-0.05, 0) is 61.7 Å². The Balaban J connectivity index is 2.40. The molecule has 0 bridgehead atoms. The molecule has 0 aliphatic heterocycles. The lowest BCUT2D eigenvalue weighted by molar-refractivity contribution is 0.622. The zero-order valence-corrected chi connectivity index (χ0v) is 12.4. The van der Waals surface area contributed by atoms with Crippen LogP contribution in [0, 0.1) is 19.7 Å². The van der Waals surface area contributed by atoms with Gasteiger partial charge in [0.2, 0.25) is 0 Å². The molecule has 0 amide bonds. The fraction of sp³-hybridized carbons (Fsp3) is 0.294. The molecule has 2 aromatic rings. The Morgan fingerprint density at radius 2 is 1.65 bits per heavy atom. The number of nitrogens with two attached hydrogens (primary N) is 1. The summed E-state index contributed by atoms with van der Waals surface area (Å²) in [5.41, 5.74) is 10.5. The average Bonchev–Trinajstić information content (AvgIpc) is 2.36. The molecule has 2 rings (SSSR count). The predicted molar refractivity (Wildman–Crippen MR) is 83.0 cm³/mol. The van der Waals surface area contributed by atoms with Crippen molar-refractivity contribution in [3.63, 3.8) is 0 Å². The van der Waals surface area contributed by atoms with Gasteiger partial charge in [0.05, 0.1) is 5.69 Å². The van der Waals surface area contributed by atoms with Gasteiger partial charge in [-0.3, -0.25) is 0 Å².